The summed E-state index contributed by atoms with van der Waals surface area (Å²) in [4.78, 5) is 0. The van der Waals surface area contributed by atoms with Gasteiger partial charge in [-0.05, 0) is 10.7 Å². The monoisotopic (exact) mass is 190 g/mol. The molecule has 1 aromatic carbocycles. The van der Waals surface area contributed by atoms with Gasteiger partial charge in [-0.1, -0.05) is 24.3 Å². The van der Waals surface area contributed by atoms with Gasteiger partial charge in [-0.25, -0.2) is 0 Å². The molecule has 2 rings (SSSR count). The normalized spacial score (nSPS) is 10.4. The van der Waals surface area contributed by atoms with Crippen LogP contribution < -0.4 is 5.73 Å². The van der Waals surface area contributed by atoms with E-state index in [1.807, 2.05) is 24.3 Å². The molecule has 0 aliphatic rings. The number of aromatic nitrogens is 1. The summed E-state index contributed by atoms with van der Waals surface area (Å²) < 4.78 is 4.89. The van der Waals surface area contributed by atoms with E-state index < -0.39 is 0 Å². The Labute approximate surface area is 81.0 Å². The first-order chi connectivity index (χ1) is 6.79. The summed E-state index contributed by atoms with van der Waals surface area (Å²) in [6.07, 6.45) is 0. The molecular formula is C10H10N2O2. The molecule has 0 saturated heterocycles. The van der Waals surface area contributed by atoms with Crippen molar-refractivity contribution in [3.63, 3.8) is 0 Å². The lowest BCUT2D eigenvalue weighted by molar-refractivity contribution is 0.365. The molecule has 1 aromatic heterocycles. The largest absolute Gasteiger partial charge is 0.491 e. The first kappa shape index (κ1) is 8.77. The average molecular weight is 190 g/mol. The number of aromatic hydroxyl groups is 1. The zero-order valence-corrected chi connectivity index (χ0v) is 7.47. The zero-order chi connectivity index (χ0) is 9.97. The zero-order valence-electron chi connectivity index (χ0n) is 7.47. The van der Waals surface area contributed by atoms with Crippen LogP contribution in [0.1, 0.15) is 5.56 Å². The number of hydrogen-bond donors (Lipinski definition) is 2. The predicted molar refractivity (Wildman–Crippen MR) is 51.5 cm³/mol. The van der Waals surface area contributed by atoms with E-state index in [1.165, 1.54) is 6.07 Å². The highest BCUT2D eigenvalue weighted by molar-refractivity contribution is 5.58. The van der Waals surface area contributed by atoms with Gasteiger partial charge in [0.25, 0.3) is 5.88 Å². The maximum atomic E-state index is 8.99. The van der Waals surface area contributed by atoms with E-state index in [0.29, 0.717) is 12.3 Å². The van der Waals surface area contributed by atoms with Gasteiger partial charge in [0.05, 0.1) is 0 Å². The number of nitrogens with two attached hydrogens (primary N) is 1. The molecule has 0 saturated carbocycles. The summed E-state index contributed by atoms with van der Waals surface area (Å²) in [5.74, 6) is 0.439. The van der Waals surface area contributed by atoms with Crippen LogP contribution in [0.2, 0.25) is 0 Å². The molecule has 0 atom stereocenters. The van der Waals surface area contributed by atoms with E-state index in [2.05, 4.69) is 5.16 Å². The van der Waals surface area contributed by atoms with Crippen LogP contribution in [-0.4, -0.2) is 10.3 Å². The van der Waals surface area contributed by atoms with Gasteiger partial charge in [0.2, 0.25) is 0 Å². The van der Waals surface area contributed by atoms with Crippen molar-refractivity contribution in [2.75, 3.05) is 0 Å². The highest BCUT2D eigenvalue weighted by Crippen LogP contribution is 2.22. The van der Waals surface area contributed by atoms with Crippen molar-refractivity contribution in [2.45, 2.75) is 6.54 Å². The van der Waals surface area contributed by atoms with Gasteiger partial charge in [0.1, 0.15) is 0 Å². The fourth-order valence-electron chi connectivity index (χ4n) is 1.21. The summed E-state index contributed by atoms with van der Waals surface area (Å²) in [6.45, 7) is 0.516. The van der Waals surface area contributed by atoms with E-state index >= 15 is 0 Å². The standard InChI is InChI=1S/C10H10N2O2/c11-6-7-1-3-8(4-2-7)9-5-10(13)12-14-9/h1-5H,6,11H2,(H,12,13). The van der Waals surface area contributed by atoms with Crippen LogP contribution in [0.25, 0.3) is 11.3 Å². The van der Waals surface area contributed by atoms with Gasteiger partial charge < -0.3 is 15.4 Å². The molecule has 0 aliphatic heterocycles. The predicted octanol–water partition coefficient (Wildman–Crippen LogP) is 1.51. The molecule has 0 bridgehead atoms. The van der Waals surface area contributed by atoms with E-state index in [9.17, 15) is 0 Å². The number of benzene rings is 1. The molecular weight excluding hydrogens is 180 g/mol. The molecule has 3 N–H and O–H groups in total. The van der Waals surface area contributed by atoms with Gasteiger partial charge in [0.15, 0.2) is 5.76 Å². The first-order valence-corrected chi connectivity index (χ1v) is 4.24. The second-order valence-corrected chi connectivity index (χ2v) is 2.95. The van der Waals surface area contributed by atoms with E-state index in [-0.39, 0.29) is 5.88 Å². The van der Waals surface area contributed by atoms with Crippen molar-refractivity contribution >= 4 is 0 Å². The summed E-state index contributed by atoms with van der Waals surface area (Å²) in [5.41, 5.74) is 7.39. The van der Waals surface area contributed by atoms with E-state index in [4.69, 9.17) is 15.4 Å². The maximum Gasteiger partial charge on any atom is 0.252 e. The fraction of sp³-hybridized carbons (Fsp3) is 0.100. The lowest BCUT2D eigenvalue weighted by Gasteiger charge is -1.97. The molecule has 0 radical (unpaired) electrons. The van der Waals surface area contributed by atoms with Gasteiger partial charge in [0, 0.05) is 18.2 Å². The summed E-state index contributed by atoms with van der Waals surface area (Å²) >= 11 is 0. The molecule has 14 heavy (non-hydrogen) atoms. The third kappa shape index (κ3) is 1.60. The molecule has 4 heteroatoms. The van der Waals surface area contributed by atoms with Crippen molar-refractivity contribution in [1.82, 2.24) is 5.16 Å². The Balaban J connectivity index is 2.33. The second-order valence-electron chi connectivity index (χ2n) is 2.95. The second kappa shape index (κ2) is 3.51. The SMILES string of the molecule is NCc1ccc(-c2cc(O)no2)cc1. The Bertz CT molecular complexity index is 420. The molecule has 1 heterocycles. The highest BCUT2D eigenvalue weighted by atomic mass is 16.5. The number of nitrogens with zero attached hydrogens (tertiary/aromatic N) is 1. The van der Waals surface area contributed by atoms with Crippen molar-refractivity contribution in [2.24, 2.45) is 5.73 Å². The van der Waals surface area contributed by atoms with Crippen LogP contribution in [0.15, 0.2) is 34.9 Å². The van der Waals surface area contributed by atoms with Crippen LogP contribution in [0, 0.1) is 0 Å². The average Bonchev–Trinajstić information content (AvgIpc) is 2.65. The van der Waals surface area contributed by atoms with Gasteiger partial charge in [-0.2, -0.15) is 0 Å². The van der Waals surface area contributed by atoms with Gasteiger partial charge >= 0.3 is 0 Å². The molecule has 0 amide bonds. The van der Waals surface area contributed by atoms with Crippen LogP contribution in [0.5, 0.6) is 5.88 Å². The fourth-order valence-corrected chi connectivity index (χ4v) is 1.21. The molecule has 0 spiro atoms. The molecule has 0 aliphatic carbocycles. The molecule has 4 nitrogen and oxygen atoms in total. The van der Waals surface area contributed by atoms with Crippen molar-refractivity contribution in [3.8, 4) is 17.2 Å². The molecule has 0 fully saturated rings. The Morgan fingerprint density at radius 1 is 1.29 bits per heavy atom. The number of hydrogen-bond acceptors (Lipinski definition) is 4. The van der Waals surface area contributed by atoms with Crippen LogP contribution in [0.3, 0.4) is 0 Å². The maximum absolute atomic E-state index is 8.99. The molecule has 72 valence electrons. The minimum Gasteiger partial charge on any atom is -0.491 e. The molecule has 0 unspecified atom stereocenters. The lowest BCUT2D eigenvalue weighted by Crippen LogP contribution is -1.94. The quantitative estimate of drug-likeness (QED) is 0.752. The Morgan fingerprint density at radius 3 is 2.50 bits per heavy atom. The Morgan fingerprint density at radius 2 is 2.00 bits per heavy atom. The summed E-state index contributed by atoms with van der Waals surface area (Å²) in [7, 11) is 0. The molecule has 2 aromatic rings. The highest BCUT2D eigenvalue weighted by Gasteiger charge is 2.04. The Hall–Kier alpha value is -1.81. The third-order valence-electron chi connectivity index (χ3n) is 1.97. The van der Waals surface area contributed by atoms with E-state index in [1.54, 1.807) is 0 Å². The van der Waals surface area contributed by atoms with Crippen molar-refractivity contribution < 1.29 is 9.63 Å². The third-order valence-corrected chi connectivity index (χ3v) is 1.97. The summed E-state index contributed by atoms with van der Waals surface area (Å²) in [6, 6.07) is 9.05. The smallest absolute Gasteiger partial charge is 0.252 e. The Kier molecular flexibility index (Phi) is 2.20. The van der Waals surface area contributed by atoms with Crippen LogP contribution in [0.4, 0.5) is 0 Å². The van der Waals surface area contributed by atoms with Gasteiger partial charge in [-0.3, -0.25) is 0 Å². The summed E-state index contributed by atoms with van der Waals surface area (Å²) in [5, 5.41) is 12.4. The minimum absolute atomic E-state index is 0.108. The minimum atomic E-state index is -0.108. The first-order valence-electron chi connectivity index (χ1n) is 4.24. The van der Waals surface area contributed by atoms with Crippen LogP contribution in [-0.2, 0) is 6.54 Å². The van der Waals surface area contributed by atoms with Crippen molar-refractivity contribution in [1.29, 1.82) is 0 Å². The van der Waals surface area contributed by atoms with Crippen molar-refractivity contribution in [3.05, 3.63) is 35.9 Å². The number of rotatable bonds is 2. The van der Waals surface area contributed by atoms with Gasteiger partial charge in [-0.15, -0.1) is 0 Å². The van der Waals surface area contributed by atoms with E-state index in [0.717, 1.165) is 11.1 Å². The lowest BCUT2D eigenvalue weighted by atomic mass is 10.1. The topological polar surface area (TPSA) is 72.3 Å². The van der Waals surface area contributed by atoms with Crippen LogP contribution >= 0.6 is 0 Å².